The van der Waals surface area contributed by atoms with Gasteiger partial charge in [0.25, 0.3) is 0 Å². The van der Waals surface area contributed by atoms with Gasteiger partial charge in [-0.15, -0.1) is 0 Å². The number of halogens is 1. The van der Waals surface area contributed by atoms with E-state index in [1.165, 1.54) is 76.2 Å². The SMILES string of the molecule is CCCC1CCC(c2ccc(F)cc2)(C2CCCCC2)CC1. The van der Waals surface area contributed by atoms with E-state index in [9.17, 15) is 4.39 Å². The Morgan fingerprint density at radius 1 is 0.955 bits per heavy atom. The topological polar surface area (TPSA) is 0 Å². The highest BCUT2D eigenvalue weighted by Gasteiger charge is 2.42. The molecule has 2 fully saturated rings. The highest BCUT2D eigenvalue weighted by molar-refractivity contribution is 5.28. The molecule has 1 aromatic rings. The van der Waals surface area contributed by atoms with Gasteiger partial charge in [-0.3, -0.25) is 0 Å². The zero-order valence-corrected chi connectivity index (χ0v) is 14.1. The fourth-order valence-electron chi connectivity index (χ4n) is 5.26. The first-order valence-corrected chi connectivity index (χ1v) is 9.50. The fraction of sp³-hybridized carbons (Fsp3) is 0.714. The van der Waals surface area contributed by atoms with Gasteiger partial charge in [-0.25, -0.2) is 4.39 Å². The summed E-state index contributed by atoms with van der Waals surface area (Å²) in [5.74, 6) is 1.67. The summed E-state index contributed by atoms with van der Waals surface area (Å²) in [6.45, 7) is 2.31. The number of hydrogen-bond acceptors (Lipinski definition) is 0. The van der Waals surface area contributed by atoms with Crippen LogP contribution in [0.4, 0.5) is 4.39 Å². The lowest BCUT2D eigenvalue weighted by atomic mass is 9.57. The molecule has 122 valence electrons. The highest BCUT2D eigenvalue weighted by Crippen LogP contribution is 2.51. The van der Waals surface area contributed by atoms with Crippen molar-refractivity contribution in [2.24, 2.45) is 11.8 Å². The number of benzene rings is 1. The molecule has 0 aromatic heterocycles. The van der Waals surface area contributed by atoms with Crippen molar-refractivity contribution in [3.05, 3.63) is 35.6 Å². The van der Waals surface area contributed by atoms with Crippen molar-refractivity contribution in [2.75, 3.05) is 0 Å². The predicted octanol–water partition coefficient (Wildman–Crippen LogP) is 6.63. The van der Waals surface area contributed by atoms with Crippen LogP contribution in [-0.4, -0.2) is 0 Å². The summed E-state index contributed by atoms with van der Waals surface area (Å²) >= 11 is 0. The zero-order chi connectivity index (χ0) is 15.4. The van der Waals surface area contributed by atoms with Crippen LogP contribution >= 0.6 is 0 Å². The summed E-state index contributed by atoms with van der Waals surface area (Å²) in [4.78, 5) is 0. The maximum Gasteiger partial charge on any atom is 0.123 e. The normalized spacial score (nSPS) is 30.4. The standard InChI is InChI=1S/C21H31F/c1-2-6-17-13-15-21(16-14-17,18-7-4-3-5-8-18)19-9-11-20(22)12-10-19/h9-12,17-18H,2-8,13-16H2,1H3. The van der Waals surface area contributed by atoms with E-state index in [0.29, 0.717) is 5.41 Å². The molecule has 0 N–H and O–H groups in total. The lowest BCUT2D eigenvalue weighted by molar-refractivity contribution is 0.120. The first kappa shape index (κ1) is 16.0. The van der Waals surface area contributed by atoms with Gasteiger partial charge in [0, 0.05) is 0 Å². The van der Waals surface area contributed by atoms with Gasteiger partial charge in [-0.05, 0) is 73.5 Å². The van der Waals surface area contributed by atoms with Crippen LogP contribution in [0.2, 0.25) is 0 Å². The van der Waals surface area contributed by atoms with E-state index in [2.05, 4.69) is 19.1 Å². The van der Waals surface area contributed by atoms with Crippen LogP contribution in [0.3, 0.4) is 0 Å². The Morgan fingerprint density at radius 2 is 1.59 bits per heavy atom. The van der Waals surface area contributed by atoms with Crippen LogP contribution in [0.25, 0.3) is 0 Å². The summed E-state index contributed by atoms with van der Waals surface area (Å²) in [5.41, 5.74) is 1.77. The van der Waals surface area contributed by atoms with E-state index in [0.717, 1.165) is 11.8 Å². The minimum Gasteiger partial charge on any atom is -0.207 e. The first-order valence-electron chi connectivity index (χ1n) is 9.50. The Hall–Kier alpha value is -0.850. The summed E-state index contributed by atoms with van der Waals surface area (Å²) in [6, 6.07) is 7.53. The van der Waals surface area contributed by atoms with Gasteiger partial charge in [-0.2, -0.15) is 0 Å². The largest absolute Gasteiger partial charge is 0.207 e. The second-order valence-corrected chi connectivity index (χ2v) is 7.73. The molecule has 0 aliphatic heterocycles. The van der Waals surface area contributed by atoms with Crippen molar-refractivity contribution >= 4 is 0 Å². The van der Waals surface area contributed by atoms with Crippen molar-refractivity contribution < 1.29 is 4.39 Å². The van der Waals surface area contributed by atoms with Crippen LogP contribution in [0, 0.1) is 17.7 Å². The molecule has 0 spiro atoms. The maximum atomic E-state index is 13.4. The van der Waals surface area contributed by atoms with E-state index in [1.807, 2.05) is 0 Å². The Kier molecular flexibility index (Phi) is 5.21. The van der Waals surface area contributed by atoms with E-state index < -0.39 is 0 Å². The molecule has 0 bridgehead atoms. The van der Waals surface area contributed by atoms with Crippen LogP contribution in [-0.2, 0) is 5.41 Å². The minimum atomic E-state index is -0.0952. The summed E-state index contributed by atoms with van der Waals surface area (Å²) in [7, 11) is 0. The highest BCUT2D eigenvalue weighted by atomic mass is 19.1. The van der Waals surface area contributed by atoms with Gasteiger partial charge in [-0.1, -0.05) is 51.2 Å². The van der Waals surface area contributed by atoms with Gasteiger partial charge in [0.15, 0.2) is 0 Å². The molecule has 1 heteroatoms. The van der Waals surface area contributed by atoms with Gasteiger partial charge in [0.2, 0.25) is 0 Å². The van der Waals surface area contributed by atoms with Crippen LogP contribution in [0.5, 0.6) is 0 Å². The molecule has 0 atom stereocenters. The lowest BCUT2D eigenvalue weighted by Crippen LogP contribution is -2.40. The molecule has 0 amide bonds. The molecule has 2 aliphatic rings. The van der Waals surface area contributed by atoms with E-state index >= 15 is 0 Å². The minimum absolute atomic E-state index is 0.0952. The summed E-state index contributed by atoms with van der Waals surface area (Å²) < 4.78 is 13.4. The second-order valence-electron chi connectivity index (χ2n) is 7.73. The average molecular weight is 302 g/mol. The smallest absolute Gasteiger partial charge is 0.123 e. The fourth-order valence-corrected chi connectivity index (χ4v) is 5.26. The monoisotopic (exact) mass is 302 g/mol. The van der Waals surface area contributed by atoms with Crippen LogP contribution in [0.15, 0.2) is 24.3 Å². The third-order valence-corrected chi connectivity index (χ3v) is 6.50. The summed E-state index contributed by atoms with van der Waals surface area (Å²) in [6.07, 6.45) is 15.1. The van der Waals surface area contributed by atoms with Crippen molar-refractivity contribution in [3.8, 4) is 0 Å². The lowest BCUT2D eigenvalue weighted by Gasteiger charge is -2.48. The van der Waals surface area contributed by atoms with Crippen molar-refractivity contribution in [1.29, 1.82) is 0 Å². The van der Waals surface area contributed by atoms with E-state index in [-0.39, 0.29) is 5.82 Å². The third-order valence-electron chi connectivity index (χ3n) is 6.50. The first-order chi connectivity index (χ1) is 10.7. The van der Waals surface area contributed by atoms with Gasteiger partial charge in [0.05, 0.1) is 0 Å². The maximum absolute atomic E-state index is 13.4. The Bertz CT molecular complexity index is 447. The molecule has 0 unspecified atom stereocenters. The van der Waals surface area contributed by atoms with Crippen molar-refractivity contribution in [2.45, 2.75) is 83.0 Å². The molecule has 3 rings (SSSR count). The quantitative estimate of drug-likeness (QED) is 0.585. The molecule has 2 saturated carbocycles. The van der Waals surface area contributed by atoms with E-state index in [4.69, 9.17) is 0 Å². The van der Waals surface area contributed by atoms with Crippen molar-refractivity contribution in [1.82, 2.24) is 0 Å². The predicted molar refractivity (Wildman–Crippen MR) is 91.5 cm³/mol. The molecule has 2 aliphatic carbocycles. The van der Waals surface area contributed by atoms with Gasteiger partial charge < -0.3 is 0 Å². The summed E-state index contributed by atoms with van der Waals surface area (Å²) in [5, 5.41) is 0. The Labute approximate surface area is 135 Å². The van der Waals surface area contributed by atoms with E-state index in [1.54, 1.807) is 12.1 Å². The molecular formula is C21H31F. The molecule has 0 heterocycles. The molecule has 0 radical (unpaired) electrons. The van der Waals surface area contributed by atoms with Crippen molar-refractivity contribution in [3.63, 3.8) is 0 Å². The van der Waals surface area contributed by atoms with Gasteiger partial charge in [0.1, 0.15) is 5.82 Å². The Balaban J connectivity index is 1.84. The molecule has 1 aromatic carbocycles. The molecular weight excluding hydrogens is 271 g/mol. The molecule has 0 nitrogen and oxygen atoms in total. The Morgan fingerprint density at radius 3 is 2.18 bits per heavy atom. The van der Waals surface area contributed by atoms with Crippen LogP contribution < -0.4 is 0 Å². The third kappa shape index (κ3) is 3.24. The zero-order valence-electron chi connectivity index (χ0n) is 14.1. The number of rotatable bonds is 4. The molecule has 0 saturated heterocycles. The second kappa shape index (κ2) is 7.15. The number of hydrogen-bond donors (Lipinski definition) is 0. The molecule has 22 heavy (non-hydrogen) atoms. The van der Waals surface area contributed by atoms with Crippen LogP contribution in [0.1, 0.15) is 83.1 Å². The van der Waals surface area contributed by atoms with Gasteiger partial charge >= 0.3 is 0 Å². The average Bonchev–Trinajstić information content (AvgIpc) is 2.58.